The second-order valence-electron chi connectivity index (χ2n) is 3.28. The maximum atomic E-state index is 10.1. The van der Waals surface area contributed by atoms with Crippen molar-refractivity contribution in [2.45, 2.75) is 30.7 Å². The zero-order valence-corrected chi connectivity index (χ0v) is 8.77. The van der Waals surface area contributed by atoms with Crippen molar-refractivity contribution >= 4 is 7.82 Å². The highest BCUT2D eigenvalue weighted by atomic mass is 31.2. The molecule has 0 saturated carbocycles. The van der Waals surface area contributed by atoms with E-state index in [1.165, 1.54) is 0 Å². The Morgan fingerprint density at radius 3 is 2.19 bits per heavy atom. The van der Waals surface area contributed by atoms with Crippen molar-refractivity contribution < 1.29 is 44.0 Å². The molecule has 0 bridgehead atoms. The van der Waals surface area contributed by atoms with Crippen LogP contribution in [0, 0.1) is 0 Å². The van der Waals surface area contributed by atoms with Crippen LogP contribution in [0.2, 0.25) is 0 Å². The Labute approximate surface area is 90.1 Å². The number of aliphatic hydroxyl groups is 4. The Bertz CT molecular complexity index is 277. The maximum Gasteiger partial charge on any atom is 0.184 e. The third kappa shape index (κ3) is 3.45. The minimum atomic E-state index is -5.23. The standard InChI is InChI=1S/C6H13O9P/c7-3-2(1-14-16(11,12)13)15-6(10)5(9)4(3)8/h2-10H,1H2,(H2,11,12,13)/p-2. The lowest BCUT2D eigenvalue weighted by Gasteiger charge is -2.39. The van der Waals surface area contributed by atoms with Crippen molar-refractivity contribution in [1.29, 1.82) is 0 Å². The molecular formula is C6H11O9P-2. The van der Waals surface area contributed by atoms with E-state index < -0.39 is 45.1 Å². The summed E-state index contributed by atoms with van der Waals surface area (Å²) in [6.07, 6.45) is -8.35. The van der Waals surface area contributed by atoms with Gasteiger partial charge in [-0.2, -0.15) is 0 Å². The fourth-order valence-corrected chi connectivity index (χ4v) is 1.56. The van der Waals surface area contributed by atoms with Crippen LogP contribution < -0.4 is 9.79 Å². The number of hydrogen-bond donors (Lipinski definition) is 4. The topological polar surface area (TPSA) is 163 Å². The monoisotopic (exact) mass is 258 g/mol. The molecule has 1 aliphatic heterocycles. The smallest absolute Gasteiger partial charge is 0.184 e. The van der Waals surface area contributed by atoms with E-state index in [1.807, 2.05) is 0 Å². The van der Waals surface area contributed by atoms with Gasteiger partial charge in [0.05, 0.1) is 14.4 Å². The Morgan fingerprint density at radius 1 is 1.12 bits per heavy atom. The second-order valence-corrected chi connectivity index (χ2v) is 4.43. The molecule has 96 valence electrons. The first-order valence-corrected chi connectivity index (χ1v) is 5.73. The molecule has 0 aromatic heterocycles. The molecular weight excluding hydrogens is 247 g/mol. The van der Waals surface area contributed by atoms with Gasteiger partial charge in [0.1, 0.15) is 24.4 Å². The fraction of sp³-hybridized carbons (Fsp3) is 1.00. The lowest BCUT2D eigenvalue weighted by molar-refractivity contribution is -0.347. The van der Waals surface area contributed by atoms with Crippen LogP contribution >= 0.6 is 7.82 Å². The Kier molecular flexibility index (Phi) is 4.41. The predicted molar refractivity (Wildman–Crippen MR) is 42.5 cm³/mol. The Morgan fingerprint density at radius 2 is 1.69 bits per heavy atom. The van der Waals surface area contributed by atoms with Gasteiger partial charge in [0.2, 0.25) is 0 Å². The van der Waals surface area contributed by atoms with Gasteiger partial charge in [0.15, 0.2) is 6.29 Å². The minimum Gasteiger partial charge on any atom is -0.790 e. The van der Waals surface area contributed by atoms with Crippen LogP contribution in [0.5, 0.6) is 0 Å². The molecule has 1 rings (SSSR count). The van der Waals surface area contributed by atoms with Gasteiger partial charge in [0, 0.05) is 0 Å². The summed E-state index contributed by atoms with van der Waals surface area (Å²) >= 11 is 0. The lowest BCUT2D eigenvalue weighted by Crippen LogP contribution is -2.58. The van der Waals surface area contributed by atoms with Gasteiger partial charge in [0.25, 0.3) is 0 Å². The quantitative estimate of drug-likeness (QED) is 0.366. The van der Waals surface area contributed by atoms with E-state index in [0.717, 1.165) is 0 Å². The molecule has 5 atom stereocenters. The molecule has 4 N–H and O–H groups in total. The number of phosphoric acid groups is 1. The lowest BCUT2D eigenvalue weighted by atomic mass is 10.00. The van der Waals surface area contributed by atoms with Crippen molar-refractivity contribution in [3.8, 4) is 0 Å². The van der Waals surface area contributed by atoms with Crippen LogP contribution in [0.1, 0.15) is 0 Å². The largest absolute Gasteiger partial charge is 0.790 e. The summed E-state index contributed by atoms with van der Waals surface area (Å²) in [5.74, 6) is 0. The number of ether oxygens (including phenoxy) is 1. The molecule has 1 heterocycles. The van der Waals surface area contributed by atoms with Crippen molar-refractivity contribution in [3.05, 3.63) is 0 Å². The first-order chi connectivity index (χ1) is 7.22. The van der Waals surface area contributed by atoms with E-state index >= 15 is 0 Å². The zero-order valence-electron chi connectivity index (χ0n) is 7.87. The predicted octanol–water partition coefficient (Wildman–Crippen LogP) is -4.37. The molecule has 0 aliphatic carbocycles. The fourth-order valence-electron chi connectivity index (χ4n) is 1.23. The number of hydrogen-bond acceptors (Lipinski definition) is 9. The van der Waals surface area contributed by atoms with Crippen LogP contribution in [0.4, 0.5) is 0 Å². The Balaban J connectivity index is 2.57. The molecule has 10 heteroatoms. The average molecular weight is 258 g/mol. The summed E-state index contributed by atoms with van der Waals surface area (Å²) in [6, 6.07) is 0. The summed E-state index contributed by atoms with van der Waals surface area (Å²) in [6.45, 7) is -0.855. The van der Waals surface area contributed by atoms with Crippen LogP contribution in [-0.4, -0.2) is 57.7 Å². The van der Waals surface area contributed by atoms with Crippen LogP contribution in [0.15, 0.2) is 0 Å². The van der Waals surface area contributed by atoms with E-state index in [2.05, 4.69) is 9.26 Å². The number of phosphoric ester groups is 1. The van der Waals surface area contributed by atoms with Gasteiger partial charge in [-0.25, -0.2) is 0 Å². The second kappa shape index (κ2) is 5.05. The molecule has 0 spiro atoms. The molecule has 0 amide bonds. The highest BCUT2D eigenvalue weighted by molar-refractivity contribution is 7.43. The first-order valence-electron chi connectivity index (χ1n) is 4.26. The minimum absolute atomic E-state index is 0.855. The molecule has 0 aromatic rings. The van der Waals surface area contributed by atoms with Gasteiger partial charge in [-0.3, -0.25) is 0 Å². The van der Waals surface area contributed by atoms with Crippen molar-refractivity contribution in [3.63, 3.8) is 0 Å². The van der Waals surface area contributed by atoms with Gasteiger partial charge in [-0.1, -0.05) is 0 Å². The number of rotatable bonds is 3. The van der Waals surface area contributed by atoms with E-state index in [9.17, 15) is 24.6 Å². The maximum absolute atomic E-state index is 10.1. The van der Waals surface area contributed by atoms with Gasteiger partial charge in [-0.15, -0.1) is 0 Å². The SMILES string of the molecule is O=P([O-])([O-])OCC1OC(O)C(O)C(O)C1O. The Hall–Kier alpha value is -0.0900. The third-order valence-corrected chi connectivity index (χ3v) is 2.55. The molecule has 0 aromatic carbocycles. The highest BCUT2D eigenvalue weighted by Crippen LogP contribution is 2.27. The van der Waals surface area contributed by atoms with Crippen molar-refractivity contribution in [1.82, 2.24) is 0 Å². The van der Waals surface area contributed by atoms with E-state index in [1.54, 1.807) is 0 Å². The van der Waals surface area contributed by atoms with Gasteiger partial charge in [-0.05, 0) is 0 Å². The molecule has 1 fully saturated rings. The summed E-state index contributed by atoms with van der Waals surface area (Å²) in [4.78, 5) is 20.3. The van der Waals surface area contributed by atoms with Crippen LogP contribution in [0.3, 0.4) is 0 Å². The van der Waals surface area contributed by atoms with Crippen LogP contribution in [-0.2, 0) is 13.8 Å². The third-order valence-electron chi connectivity index (χ3n) is 2.08. The molecule has 5 unspecified atom stereocenters. The van der Waals surface area contributed by atoms with Gasteiger partial charge >= 0.3 is 0 Å². The van der Waals surface area contributed by atoms with E-state index in [0.29, 0.717) is 0 Å². The number of aliphatic hydroxyl groups excluding tert-OH is 4. The molecule has 16 heavy (non-hydrogen) atoms. The summed E-state index contributed by atoms with van der Waals surface area (Å²) < 4.78 is 18.5. The molecule has 1 saturated heterocycles. The molecule has 0 radical (unpaired) electrons. The summed E-state index contributed by atoms with van der Waals surface area (Å²) in [5, 5.41) is 36.6. The van der Waals surface area contributed by atoms with Gasteiger partial charge < -0.3 is 44.0 Å². The average Bonchev–Trinajstić information content (AvgIpc) is 2.17. The molecule has 9 nitrogen and oxygen atoms in total. The zero-order chi connectivity index (χ0) is 12.5. The van der Waals surface area contributed by atoms with Crippen molar-refractivity contribution in [2.24, 2.45) is 0 Å². The molecule has 1 aliphatic rings. The van der Waals surface area contributed by atoms with Crippen LogP contribution in [0.25, 0.3) is 0 Å². The van der Waals surface area contributed by atoms with E-state index in [-0.39, 0.29) is 0 Å². The normalized spacial score (nSPS) is 41.0. The highest BCUT2D eigenvalue weighted by Gasteiger charge is 2.43. The summed E-state index contributed by atoms with van der Waals surface area (Å²) in [5.41, 5.74) is 0. The summed E-state index contributed by atoms with van der Waals surface area (Å²) in [7, 11) is -5.23. The first kappa shape index (κ1) is 14.0. The van der Waals surface area contributed by atoms with Crippen molar-refractivity contribution in [2.75, 3.05) is 6.61 Å². The van der Waals surface area contributed by atoms with E-state index in [4.69, 9.17) is 10.2 Å².